The van der Waals surface area contributed by atoms with E-state index in [1.165, 1.54) is 48.1 Å². The largest absolute Gasteiger partial charge is 0.416 e. The predicted molar refractivity (Wildman–Crippen MR) is 163 cm³/mol. The number of hydrogen-bond donors (Lipinski definition) is 0. The first-order valence-corrected chi connectivity index (χ1v) is 15.5. The molecule has 0 amide bonds. The number of aryl methyl sites for hydroxylation is 4. The minimum absolute atomic E-state index is 0. The molecule has 1 saturated carbocycles. The normalized spacial score (nSPS) is 15.5. The van der Waals surface area contributed by atoms with Gasteiger partial charge in [-0.3, -0.25) is 0 Å². The van der Waals surface area contributed by atoms with Crippen LogP contribution in [0.5, 0.6) is 0 Å². The van der Waals surface area contributed by atoms with E-state index in [2.05, 4.69) is 28.9 Å². The van der Waals surface area contributed by atoms with Gasteiger partial charge in [0.15, 0.2) is 5.13 Å². The second-order valence-electron chi connectivity index (χ2n) is 11.7. The highest BCUT2D eigenvalue weighted by molar-refractivity contribution is 7.15. The summed E-state index contributed by atoms with van der Waals surface area (Å²) in [7, 11) is 0. The highest BCUT2D eigenvalue weighted by Crippen LogP contribution is 2.39. The Kier molecular flexibility index (Phi) is 10.3. The van der Waals surface area contributed by atoms with Crippen molar-refractivity contribution in [2.24, 2.45) is 5.92 Å². The van der Waals surface area contributed by atoms with E-state index in [-0.39, 0.29) is 30.6 Å². The Bertz CT molecular complexity index is 1360. The molecule has 0 saturated heterocycles. The monoisotopic (exact) mass is 645 g/mol. The van der Waals surface area contributed by atoms with E-state index in [4.69, 9.17) is 0 Å². The van der Waals surface area contributed by atoms with Gasteiger partial charge in [-0.05, 0) is 105 Å². The van der Waals surface area contributed by atoms with Crippen molar-refractivity contribution < 1.29 is 26.3 Å². The van der Waals surface area contributed by atoms with Crippen molar-refractivity contribution >= 4 is 34.6 Å². The van der Waals surface area contributed by atoms with Gasteiger partial charge in [-0.1, -0.05) is 18.9 Å². The quantitative estimate of drug-likeness (QED) is 0.216. The van der Waals surface area contributed by atoms with Crippen LogP contribution in [0.4, 0.5) is 37.2 Å². The summed E-state index contributed by atoms with van der Waals surface area (Å²) < 4.78 is 82.1. The molecule has 1 aromatic heterocycles. The van der Waals surface area contributed by atoms with Crippen molar-refractivity contribution in [1.29, 1.82) is 0 Å². The highest BCUT2D eigenvalue weighted by Gasteiger charge is 2.37. The van der Waals surface area contributed by atoms with Crippen molar-refractivity contribution in [2.45, 2.75) is 91.2 Å². The van der Waals surface area contributed by atoms with E-state index >= 15 is 0 Å². The number of hydrogen-bond acceptors (Lipinski definition) is 4. The number of alkyl halides is 6. The van der Waals surface area contributed by atoms with Crippen LogP contribution in [0.25, 0.3) is 0 Å². The zero-order valence-electron chi connectivity index (χ0n) is 24.7. The average molecular weight is 646 g/mol. The minimum atomic E-state index is -4.90. The molecular formula is C32H38ClF6N3S. The number of fused-ring (bicyclic) bond motifs is 1. The lowest BCUT2D eigenvalue weighted by atomic mass is 10.0. The second-order valence-corrected chi connectivity index (χ2v) is 12.9. The number of benzene rings is 2. The summed E-state index contributed by atoms with van der Waals surface area (Å²) in [4.78, 5) is 9.89. The summed E-state index contributed by atoms with van der Waals surface area (Å²) >= 11 is 1.41. The van der Waals surface area contributed by atoms with Gasteiger partial charge < -0.3 is 9.80 Å². The molecule has 3 nitrogen and oxygen atoms in total. The van der Waals surface area contributed by atoms with Crippen LogP contribution in [0.2, 0.25) is 0 Å². The van der Waals surface area contributed by atoms with Crippen molar-refractivity contribution in [2.75, 3.05) is 22.9 Å². The van der Waals surface area contributed by atoms with Crippen LogP contribution in [-0.4, -0.2) is 18.1 Å². The van der Waals surface area contributed by atoms with Crippen molar-refractivity contribution in [1.82, 2.24) is 4.98 Å². The van der Waals surface area contributed by atoms with Gasteiger partial charge in [0.1, 0.15) is 0 Å². The van der Waals surface area contributed by atoms with Gasteiger partial charge in [0.25, 0.3) is 0 Å². The first kappa shape index (κ1) is 33.4. The van der Waals surface area contributed by atoms with Gasteiger partial charge in [-0.25, -0.2) is 4.98 Å². The fourth-order valence-electron chi connectivity index (χ4n) is 6.30. The first-order valence-electron chi connectivity index (χ1n) is 14.7. The Morgan fingerprint density at radius 1 is 0.814 bits per heavy atom. The lowest BCUT2D eigenvalue weighted by Crippen LogP contribution is -2.31. The SMILES string of the molecule is CCN(CC1CCCC1)c1cc2c(cc1CN(Cc1cc(C(F)(F)F)cc(C(F)(F)F)c1)c1nc(C)c(C)s1)CCC2.Cl. The molecule has 236 valence electrons. The van der Waals surface area contributed by atoms with E-state index in [0.717, 1.165) is 66.3 Å². The molecule has 5 rings (SSSR count). The van der Waals surface area contributed by atoms with E-state index < -0.39 is 23.5 Å². The molecular weight excluding hydrogens is 608 g/mol. The summed E-state index contributed by atoms with van der Waals surface area (Å²) in [6.45, 7) is 7.88. The fraction of sp³-hybridized carbons (Fsp3) is 0.531. The predicted octanol–water partition coefficient (Wildman–Crippen LogP) is 9.93. The van der Waals surface area contributed by atoms with Gasteiger partial charge in [0.05, 0.1) is 16.8 Å². The number of anilines is 2. The Labute approximate surface area is 259 Å². The fourth-order valence-corrected chi connectivity index (χ4v) is 7.21. The van der Waals surface area contributed by atoms with Crippen LogP contribution in [0.1, 0.15) is 83.0 Å². The molecule has 0 radical (unpaired) electrons. The highest BCUT2D eigenvalue weighted by atomic mass is 35.5. The van der Waals surface area contributed by atoms with Gasteiger partial charge in [-0.15, -0.1) is 23.7 Å². The maximum atomic E-state index is 13.7. The molecule has 0 atom stereocenters. The van der Waals surface area contributed by atoms with Gasteiger partial charge >= 0.3 is 12.4 Å². The van der Waals surface area contributed by atoms with Crippen LogP contribution in [0.3, 0.4) is 0 Å². The first-order chi connectivity index (χ1) is 19.8. The van der Waals surface area contributed by atoms with Crippen LogP contribution >= 0.6 is 23.7 Å². The molecule has 11 heteroatoms. The summed E-state index contributed by atoms with van der Waals surface area (Å²) in [6.07, 6.45) is -1.84. The number of nitrogens with zero attached hydrogens (tertiary/aromatic N) is 3. The second kappa shape index (κ2) is 13.3. The van der Waals surface area contributed by atoms with Gasteiger partial charge in [0, 0.05) is 36.7 Å². The average Bonchev–Trinajstić information content (AvgIpc) is 3.67. The molecule has 0 spiro atoms. The van der Waals surface area contributed by atoms with E-state index in [1.54, 1.807) is 0 Å². The maximum Gasteiger partial charge on any atom is 0.416 e. The van der Waals surface area contributed by atoms with E-state index in [9.17, 15) is 26.3 Å². The summed E-state index contributed by atoms with van der Waals surface area (Å²) in [5, 5.41) is 0.585. The summed E-state index contributed by atoms with van der Waals surface area (Å²) in [6, 6.07) is 6.34. The third-order valence-electron chi connectivity index (χ3n) is 8.64. The standard InChI is InChI=1S/C32H37F6N3S.ClH/c1-4-40(17-22-8-5-6-9-22)29-15-25-11-7-10-24(25)14-26(29)19-41(30-39-20(2)21(3)42-30)18-23-12-27(31(33,34)35)16-28(13-23)32(36,37)38;/h12-16,22H,4-11,17-19H2,1-3H3;1H. The minimum Gasteiger partial charge on any atom is -0.371 e. The molecule has 1 heterocycles. The van der Waals surface area contributed by atoms with Crippen molar-refractivity contribution in [3.63, 3.8) is 0 Å². The smallest absolute Gasteiger partial charge is 0.371 e. The molecule has 3 aromatic rings. The molecule has 2 aliphatic rings. The van der Waals surface area contributed by atoms with Gasteiger partial charge in [-0.2, -0.15) is 26.3 Å². The topological polar surface area (TPSA) is 19.4 Å². The number of aromatic nitrogens is 1. The number of rotatable bonds is 9. The van der Waals surface area contributed by atoms with Crippen LogP contribution in [0.15, 0.2) is 30.3 Å². The molecule has 2 aromatic carbocycles. The van der Waals surface area contributed by atoms with Gasteiger partial charge in [0.2, 0.25) is 0 Å². The Morgan fingerprint density at radius 2 is 1.42 bits per heavy atom. The Morgan fingerprint density at radius 3 is 1.95 bits per heavy atom. The molecule has 0 aliphatic heterocycles. The zero-order valence-corrected chi connectivity index (χ0v) is 26.3. The number of halogens is 7. The Balaban J connectivity index is 0.00000423. The van der Waals surface area contributed by atoms with Crippen LogP contribution in [0, 0.1) is 19.8 Å². The third-order valence-corrected chi connectivity index (χ3v) is 9.77. The lowest BCUT2D eigenvalue weighted by molar-refractivity contribution is -0.143. The van der Waals surface area contributed by atoms with Crippen LogP contribution in [-0.2, 0) is 38.3 Å². The van der Waals surface area contributed by atoms with Crippen molar-refractivity contribution in [3.05, 3.63) is 74.3 Å². The summed E-state index contributed by atoms with van der Waals surface area (Å²) in [5.41, 5.74) is 2.89. The lowest BCUT2D eigenvalue weighted by Gasteiger charge is -2.31. The molecule has 0 unspecified atom stereocenters. The van der Waals surface area contributed by atoms with E-state index in [0.29, 0.717) is 17.6 Å². The maximum absolute atomic E-state index is 13.7. The molecule has 43 heavy (non-hydrogen) atoms. The zero-order chi connectivity index (χ0) is 30.2. The Hall–Kier alpha value is -2.46. The number of thiazole rings is 1. The molecule has 2 aliphatic carbocycles. The molecule has 0 bridgehead atoms. The molecule has 0 N–H and O–H groups in total. The van der Waals surface area contributed by atoms with Crippen LogP contribution < -0.4 is 9.80 Å². The third kappa shape index (κ3) is 7.80. The van der Waals surface area contributed by atoms with Crippen molar-refractivity contribution in [3.8, 4) is 0 Å². The summed E-state index contributed by atoms with van der Waals surface area (Å²) in [5.74, 6) is 0.623. The molecule has 1 fully saturated rings. The van der Waals surface area contributed by atoms with E-state index in [1.807, 2.05) is 18.7 Å².